The molecule has 0 bridgehead atoms. The van der Waals surface area contributed by atoms with Crippen LogP contribution in [0, 0.1) is 19.8 Å². The molecule has 1 aromatic carbocycles. The number of hydrogen-bond acceptors (Lipinski definition) is 3. The molecule has 19 heavy (non-hydrogen) atoms. The number of aryl methyl sites for hydroxylation is 2. The molecule has 1 fully saturated rings. The molecule has 0 aliphatic carbocycles. The van der Waals surface area contributed by atoms with Gasteiger partial charge in [0.15, 0.2) is 0 Å². The lowest BCUT2D eigenvalue weighted by atomic mass is 10.0. The highest BCUT2D eigenvalue weighted by molar-refractivity contribution is 7.91. The van der Waals surface area contributed by atoms with E-state index in [0.29, 0.717) is 12.8 Å². The normalized spacial score (nSPS) is 19.1. The number of rotatable bonds is 2. The predicted octanol–water partition coefficient (Wildman–Crippen LogP) is 2.07. The van der Waals surface area contributed by atoms with Gasteiger partial charge >= 0.3 is 0 Å². The lowest BCUT2D eigenvalue weighted by molar-refractivity contribution is -0.120. The molecule has 2 rings (SSSR count). The first-order valence-corrected chi connectivity index (χ1v) is 8.29. The van der Waals surface area contributed by atoms with Gasteiger partial charge in [-0.05, 0) is 37.8 Å². The zero-order chi connectivity index (χ0) is 14.0. The topological polar surface area (TPSA) is 63.2 Å². The number of sulfone groups is 1. The molecule has 0 atom stereocenters. The van der Waals surface area contributed by atoms with Crippen molar-refractivity contribution in [2.45, 2.75) is 26.7 Å². The third-order valence-electron chi connectivity index (χ3n) is 3.65. The summed E-state index contributed by atoms with van der Waals surface area (Å²) in [6, 6.07) is 5.86. The van der Waals surface area contributed by atoms with Crippen LogP contribution < -0.4 is 5.32 Å². The van der Waals surface area contributed by atoms with E-state index in [1.54, 1.807) is 0 Å². The monoisotopic (exact) mass is 281 g/mol. The Bertz CT molecular complexity index is 558. The molecule has 1 aromatic rings. The number of para-hydroxylation sites is 1. The van der Waals surface area contributed by atoms with Crippen molar-refractivity contribution in [3.8, 4) is 0 Å². The quantitative estimate of drug-likeness (QED) is 0.902. The fraction of sp³-hybridized carbons (Fsp3) is 0.500. The van der Waals surface area contributed by atoms with Crippen LogP contribution in [0.2, 0.25) is 0 Å². The fourth-order valence-electron chi connectivity index (χ4n) is 2.39. The van der Waals surface area contributed by atoms with E-state index in [4.69, 9.17) is 0 Å². The van der Waals surface area contributed by atoms with Crippen molar-refractivity contribution in [1.82, 2.24) is 0 Å². The molecular formula is C14H19NO3S. The van der Waals surface area contributed by atoms with Gasteiger partial charge in [0.2, 0.25) is 5.91 Å². The minimum atomic E-state index is -2.92. The molecule has 104 valence electrons. The van der Waals surface area contributed by atoms with Crippen LogP contribution in [0.1, 0.15) is 24.0 Å². The third kappa shape index (κ3) is 3.35. The number of nitrogens with one attached hydrogen (secondary N) is 1. The number of carbonyl (C=O) groups is 1. The Hall–Kier alpha value is -1.36. The van der Waals surface area contributed by atoms with Crippen LogP contribution in [-0.4, -0.2) is 25.8 Å². The molecule has 5 heteroatoms. The molecule has 1 N–H and O–H groups in total. The van der Waals surface area contributed by atoms with Crippen LogP contribution in [0.3, 0.4) is 0 Å². The number of benzene rings is 1. The highest BCUT2D eigenvalue weighted by Gasteiger charge is 2.28. The van der Waals surface area contributed by atoms with Gasteiger partial charge in [0.05, 0.1) is 11.5 Å². The van der Waals surface area contributed by atoms with E-state index >= 15 is 0 Å². The van der Waals surface area contributed by atoms with E-state index in [1.807, 2.05) is 32.0 Å². The van der Waals surface area contributed by atoms with Gasteiger partial charge in [-0.15, -0.1) is 0 Å². The van der Waals surface area contributed by atoms with Gasteiger partial charge in [0, 0.05) is 11.6 Å². The number of carbonyl (C=O) groups excluding carboxylic acids is 1. The molecule has 0 aromatic heterocycles. The molecule has 4 nitrogen and oxygen atoms in total. The maximum Gasteiger partial charge on any atom is 0.227 e. The van der Waals surface area contributed by atoms with Gasteiger partial charge < -0.3 is 5.32 Å². The second kappa shape index (κ2) is 5.33. The Morgan fingerprint density at radius 1 is 1.16 bits per heavy atom. The third-order valence-corrected chi connectivity index (χ3v) is 5.37. The van der Waals surface area contributed by atoms with Crippen LogP contribution in [0.4, 0.5) is 5.69 Å². The van der Waals surface area contributed by atoms with Gasteiger partial charge in [-0.25, -0.2) is 8.42 Å². The summed E-state index contributed by atoms with van der Waals surface area (Å²) in [6.07, 6.45) is 0.859. The van der Waals surface area contributed by atoms with Crippen molar-refractivity contribution in [3.05, 3.63) is 29.3 Å². The van der Waals surface area contributed by atoms with Gasteiger partial charge in [0.25, 0.3) is 0 Å². The highest BCUT2D eigenvalue weighted by atomic mass is 32.2. The molecule has 0 radical (unpaired) electrons. The summed E-state index contributed by atoms with van der Waals surface area (Å²) >= 11 is 0. The number of hydrogen-bond donors (Lipinski definition) is 1. The van der Waals surface area contributed by atoms with Gasteiger partial charge in [-0.3, -0.25) is 4.79 Å². The average molecular weight is 281 g/mol. The summed E-state index contributed by atoms with van der Waals surface area (Å²) in [5.74, 6) is -0.00907. The highest BCUT2D eigenvalue weighted by Crippen LogP contribution is 2.24. The molecule has 0 saturated carbocycles. The first-order chi connectivity index (χ1) is 8.89. The zero-order valence-electron chi connectivity index (χ0n) is 11.3. The summed E-state index contributed by atoms with van der Waals surface area (Å²) < 4.78 is 22.7. The first-order valence-electron chi connectivity index (χ1n) is 6.46. The van der Waals surface area contributed by atoms with Gasteiger partial charge in [-0.2, -0.15) is 0 Å². The first kappa shape index (κ1) is 14.1. The van der Waals surface area contributed by atoms with Crippen LogP contribution in [0.5, 0.6) is 0 Å². The Kier molecular flexibility index (Phi) is 3.94. The second-order valence-corrected chi connectivity index (χ2v) is 7.49. The van der Waals surface area contributed by atoms with Crippen molar-refractivity contribution in [3.63, 3.8) is 0 Å². The summed E-state index contributed by atoms with van der Waals surface area (Å²) in [5, 5.41) is 2.94. The molecule has 1 heterocycles. The molecular weight excluding hydrogens is 262 g/mol. The van der Waals surface area contributed by atoms with Crippen molar-refractivity contribution >= 4 is 21.4 Å². The van der Waals surface area contributed by atoms with Crippen LogP contribution in [-0.2, 0) is 14.6 Å². The standard InChI is InChI=1S/C14H19NO3S/c1-10-4-3-5-11(2)13(10)15-14(16)12-6-8-19(17,18)9-7-12/h3-5,12H,6-9H2,1-2H3,(H,15,16). The Morgan fingerprint density at radius 3 is 2.21 bits per heavy atom. The van der Waals surface area contributed by atoms with Crippen LogP contribution in [0.25, 0.3) is 0 Å². The number of anilines is 1. The molecule has 0 spiro atoms. The van der Waals surface area contributed by atoms with Crippen LogP contribution >= 0.6 is 0 Å². The molecule has 1 aliphatic rings. The van der Waals surface area contributed by atoms with Crippen molar-refractivity contribution < 1.29 is 13.2 Å². The zero-order valence-corrected chi connectivity index (χ0v) is 12.1. The number of amides is 1. The summed E-state index contributed by atoms with van der Waals surface area (Å²) in [5.41, 5.74) is 2.90. The lowest BCUT2D eigenvalue weighted by Crippen LogP contribution is -2.32. The summed E-state index contributed by atoms with van der Waals surface area (Å²) in [6.45, 7) is 3.90. The Labute approximate surface area is 114 Å². The summed E-state index contributed by atoms with van der Waals surface area (Å²) in [4.78, 5) is 12.2. The molecule has 1 aliphatic heterocycles. The van der Waals surface area contributed by atoms with E-state index in [0.717, 1.165) is 16.8 Å². The van der Waals surface area contributed by atoms with Crippen LogP contribution in [0.15, 0.2) is 18.2 Å². The van der Waals surface area contributed by atoms with Crippen molar-refractivity contribution in [2.24, 2.45) is 5.92 Å². The van der Waals surface area contributed by atoms with E-state index in [2.05, 4.69) is 5.32 Å². The average Bonchev–Trinajstić information content (AvgIpc) is 2.33. The van der Waals surface area contributed by atoms with Crippen molar-refractivity contribution in [1.29, 1.82) is 0 Å². The Morgan fingerprint density at radius 2 is 1.68 bits per heavy atom. The van der Waals surface area contributed by atoms with Crippen molar-refractivity contribution in [2.75, 3.05) is 16.8 Å². The van der Waals surface area contributed by atoms with E-state index < -0.39 is 9.84 Å². The van der Waals surface area contributed by atoms with Gasteiger partial charge in [0.1, 0.15) is 9.84 Å². The predicted molar refractivity (Wildman–Crippen MR) is 75.9 cm³/mol. The SMILES string of the molecule is Cc1cccc(C)c1NC(=O)C1CCS(=O)(=O)CC1. The van der Waals surface area contributed by atoms with E-state index in [-0.39, 0.29) is 23.3 Å². The minimum Gasteiger partial charge on any atom is -0.325 e. The van der Waals surface area contributed by atoms with E-state index in [1.165, 1.54) is 0 Å². The maximum absolute atomic E-state index is 12.2. The maximum atomic E-state index is 12.2. The lowest BCUT2D eigenvalue weighted by Gasteiger charge is -2.22. The molecule has 0 unspecified atom stereocenters. The molecule has 1 saturated heterocycles. The second-order valence-electron chi connectivity index (χ2n) is 5.18. The molecule has 1 amide bonds. The largest absolute Gasteiger partial charge is 0.325 e. The van der Waals surface area contributed by atoms with Gasteiger partial charge in [-0.1, -0.05) is 18.2 Å². The van der Waals surface area contributed by atoms with E-state index in [9.17, 15) is 13.2 Å². The fourth-order valence-corrected chi connectivity index (χ4v) is 3.88. The summed E-state index contributed by atoms with van der Waals surface area (Å²) in [7, 11) is -2.92. The Balaban J connectivity index is 2.06. The smallest absolute Gasteiger partial charge is 0.227 e. The minimum absolute atomic E-state index is 0.0627.